The maximum atomic E-state index is 6.03. The second-order valence-corrected chi connectivity index (χ2v) is 4.90. The lowest BCUT2D eigenvalue weighted by molar-refractivity contribution is 0.00619. The number of rotatable bonds is 3. The Hall–Kier alpha value is -0.560. The zero-order chi connectivity index (χ0) is 10.5. The molecule has 84 valence electrons. The Morgan fingerprint density at radius 3 is 2.93 bits per heavy atom. The lowest BCUT2D eigenvalue weighted by atomic mass is 9.88. The van der Waals surface area contributed by atoms with Crippen molar-refractivity contribution >= 4 is 0 Å². The Kier molecular flexibility index (Phi) is 4.01. The Morgan fingerprint density at radius 1 is 1.33 bits per heavy atom. The van der Waals surface area contributed by atoms with Gasteiger partial charge in [-0.1, -0.05) is 38.0 Å². The summed E-state index contributed by atoms with van der Waals surface area (Å²) in [5.74, 6) is 0.762. The predicted molar refractivity (Wildman–Crippen MR) is 63.8 cm³/mol. The van der Waals surface area contributed by atoms with E-state index in [0.717, 1.165) is 12.5 Å². The van der Waals surface area contributed by atoms with Gasteiger partial charge in [-0.05, 0) is 37.2 Å². The van der Waals surface area contributed by atoms with Gasteiger partial charge in [-0.2, -0.15) is 0 Å². The molecule has 15 heavy (non-hydrogen) atoms. The van der Waals surface area contributed by atoms with Crippen LogP contribution in [0.5, 0.6) is 0 Å². The number of ether oxygens (including phenoxy) is 1. The van der Waals surface area contributed by atoms with E-state index in [1.165, 1.54) is 44.1 Å². The fraction of sp³-hybridized carbons (Fsp3) is 0.714. The minimum absolute atomic E-state index is 0.519. The lowest BCUT2D eigenvalue weighted by Crippen LogP contribution is -2.26. The van der Waals surface area contributed by atoms with Gasteiger partial charge in [0.2, 0.25) is 0 Å². The fourth-order valence-corrected chi connectivity index (χ4v) is 2.52. The molecule has 0 aromatic rings. The molecule has 1 nitrogen and oxygen atoms in total. The van der Waals surface area contributed by atoms with Crippen molar-refractivity contribution in [3.63, 3.8) is 0 Å². The molecule has 0 N–H and O–H groups in total. The topological polar surface area (TPSA) is 9.23 Å². The van der Waals surface area contributed by atoms with E-state index in [1.54, 1.807) is 0 Å². The van der Waals surface area contributed by atoms with Crippen molar-refractivity contribution in [1.29, 1.82) is 0 Å². The summed E-state index contributed by atoms with van der Waals surface area (Å²) in [6.07, 6.45) is 14.9. The first kappa shape index (κ1) is 10.9. The second kappa shape index (κ2) is 5.50. The van der Waals surface area contributed by atoms with Crippen LogP contribution in [0.2, 0.25) is 0 Å². The van der Waals surface area contributed by atoms with Crippen molar-refractivity contribution in [2.45, 2.75) is 51.6 Å². The molecule has 1 saturated carbocycles. The molecule has 2 atom stereocenters. The molecule has 1 fully saturated rings. The average Bonchev–Trinajstić information content (AvgIpc) is 2.29. The molecule has 1 heteroatoms. The SMILES string of the molecule is CC1CCCCC1OCC1=CC=CCC1. The minimum Gasteiger partial charge on any atom is -0.374 e. The summed E-state index contributed by atoms with van der Waals surface area (Å²) in [6, 6.07) is 0. The highest BCUT2D eigenvalue weighted by atomic mass is 16.5. The normalized spacial score (nSPS) is 31.4. The minimum atomic E-state index is 0.519. The summed E-state index contributed by atoms with van der Waals surface area (Å²) in [5.41, 5.74) is 1.47. The van der Waals surface area contributed by atoms with E-state index in [0.29, 0.717) is 6.10 Å². The van der Waals surface area contributed by atoms with E-state index < -0.39 is 0 Å². The van der Waals surface area contributed by atoms with Crippen LogP contribution in [0.25, 0.3) is 0 Å². The van der Waals surface area contributed by atoms with E-state index in [-0.39, 0.29) is 0 Å². The van der Waals surface area contributed by atoms with E-state index in [9.17, 15) is 0 Å². The smallest absolute Gasteiger partial charge is 0.0683 e. The first-order chi connectivity index (χ1) is 7.36. The zero-order valence-electron chi connectivity index (χ0n) is 9.74. The van der Waals surface area contributed by atoms with Crippen molar-refractivity contribution in [2.75, 3.05) is 6.61 Å². The fourth-order valence-electron chi connectivity index (χ4n) is 2.52. The largest absolute Gasteiger partial charge is 0.374 e. The van der Waals surface area contributed by atoms with Crippen molar-refractivity contribution in [2.24, 2.45) is 5.92 Å². The molecule has 0 amide bonds. The highest BCUT2D eigenvalue weighted by molar-refractivity contribution is 5.17. The van der Waals surface area contributed by atoms with E-state index in [4.69, 9.17) is 4.74 Å². The van der Waals surface area contributed by atoms with Gasteiger partial charge in [0.25, 0.3) is 0 Å². The van der Waals surface area contributed by atoms with Gasteiger partial charge in [0, 0.05) is 0 Å². The van der Waals surface area contributed by atoms with Crippen molar-refractivity contribution in [3.05, 3.63) is 23.8 Å². The van der Waals surface area contributed by atoms with E-state index >= 15 is 0 Å². The van der Waals surface area contributed by atoms with Gasteiger partial charge in [-0.3, -0.25) is 0 Å². The molecule has 0 heterocycles. The van der Waals surface area contributed by atoms with Crippen LogP contribution >= 0.6 is 0 Å². The molecular formula is C14H22O. The molecule has 0 saturated heterocycles. The first-order valence-corrected chi connectivity index (χ1v) is 6.32. The molecule has 0 bridgehead atoms. The second-order valence-electron chi connectivity index (χ2n) is 4.90. The van der Waals surface area contributed by atoms with Crippen LogP contribution in [0.3, 0.4) is 0 Å². The third kappa shape index (κ3) is 3.20. The number of hydrogen-bond acceptors (Lipinski definition) is 1. The van der Waals surface area contributed by atoms with Crippen molar-refractivity contribution in [3.8, 4) is 0 Å². The molecule has 0 aromatic carbocycles. The molecule has 0 aliphatic heterocycles. The van der Waals surface area contributed by atoms with Crippen LogP contribution < -0.4 is 0 Å². The van der Waals surface area contributed by atoms with Crippen LogP contribution in [0.1, 0.15) is 45.4 Å². The molecule has 2 aliphatic carbocycles. The van der Waals surface area contributed by atoms with E-state index in [2.05, 4.69) is 25.2 Å². The zero-order valence-corrected chi connectivity index (χ0v) is 9.74. The molecule has 0 spiro atoms. The highest BCUT2D eigenvalue weighted by Crippen LogP contribution is 2.27. The molecule has 2 aliphatic rings. The Bertz CT molecular complexity index is 252. The molecule has 0 radical (unpaired) electrons. The van der Waals surface area contributed by atoms with Crippen molar-refractivity contribution < 1.29 is 4.74 Å². The molecular weight excluding hydrogens is 184 g/mol. The van der Waals surface area contributed by atoms with Crippen LogP contribution in [0.4, 0.5) is 0 Å². The highest BCUT2D eigenvalue weighted by Gasteiger charge is 2.21. The van der Waals surface area contributed by atoms with Crippen LogP contribution in [-0.4, -0.2) is 12.7 Å². The maximum absolute atomic E-state index is 6.03. The summed E-state index contributed by atoms with van der Waals surface area (Å²) in [5, 5.41) is 0. The van der Waals surface area contributed by atoms with Gasteiger partial charge < -0.3 is 4.74 Å². The van der Waals surface area contributed by atoms with Gasteiger partial charge in [-0.25, -0.2) is 0 Å². The molecule has 0 aromatic heterocycles. The van der Waals surface area contributed by atoms with Gasteiger partial charge in [0.1, 0.15) is 0 Å². The Balaban J connectivity index is 1.76. The Labute approximate surface area is 93.2 Å². The van der Waals surface area contributed by atoms with E-state index in [1.807, 2.05) is 0 Å². The molecule has 2 unspecified atom stereocenters. The third-order valence-corrected chi connectivity index (χ3v) is 3.62. The Morgan fingerprint density at radius 2 is 2.20 bits per heavy atom. The van der Waals surface area contributed by atoms with Crippen molar-refractivity contribution in [1.82, 2.24) is 0 Å². The summed E-state index contributed by atoms with van der Waals surface area (Å²) in [7, 11) is 0. The van der Waals surface area contributed by atoms with Gasteiger partial charge in [0.15, 0.2) is 0 Å². The van der Waals surface area contributed by atoms with Crippen LogP contribution in [0.15, 0.2) is 23.8 Å². The number of allylic oxidation sites excluding steroid dienone is 3. The van der Waals surface area contributed by atoms with Crippen LogP contribution in [-0.2, 0) is 4.74 Å². The summed E-state index contributed by atoms with van der Waals surface area (Å²) in [6.45, 7) is 3.19. The standard InChI is InChI=1S/C14H22O/c1-12-7-5-6-10-14(12)15-11-13-8-3-2-4-9-13/h2-3,8,12,14H,4-7,9-11H2,1H3. The van der Waals surface area contributed by atoms with Gasteiger partial charge >= 0.3 is 0 Å². The van der Waals surface area contributed by atoms with Crippen LogP contribution in [0, 0.1) is 5.92 Å². The van der Waals surface area contributed by atoms with Gasteiger partial charge in [-0.15, -0.1) is 0 Å². The monoisotopic (exact) mass is 206 g/mol. The lowest BCUT2D eigenvalue weighted by Gasteiger charge is -2.29. The summed E-state index contributed by atoms with van der Waals surface area (Å²) >= 11 is 0. The number of hydrogen-bond donors (Lipinski definition) is 0. The average molecular weight is 206 g/mol. The summed E-state index contributed by atoms with van der Waals surface area (Å²) < 4.78 is 6.03. The summed E-state index contributed by atoms with van der Waals surface area (Å²) in [4.78, 5) is 0. The maximum Gasteiger partial charge on any atom is 0.0683 e. The predicted octanol–water partition coefficient (Wildman–Crippen LogP) is 3.86. The molecule has 2 rings (SSSR count). The van der Waals surface area contributed by atoms with Gasteiger partial charge in [0.05, 0.1) is 12.7 Å². The quantitative estimate of drug-likeness (QED) is 0.681. The third-order valence-electron chi connectivity index (χ3n) is 3.62. The first-order valence-electron chi connectivity index (χ1n) is 6.32.